The van der Waals surface area contributed by atoms with Crippen molar-refractivity contribution in [3.63, 3.8) is 0 Å². The summed E-state index contributed by atoms with van der Waals surface area (Å²) in [6.07, 6.45) is 2.06. The lowest BCUT2D eigenvalue weighted by molar-refractivity contribution is -0.0183. The second-order valence-electron chi connectivity index (χ2n) is 5.72. The molecule has 2 aromatic rings. The number of carbonyl (C=O) groups is 1. The number of aliphatic hydroxyl groups excluding tert-OH is 1. The number of ether oxygens (including phenoxy) is 1. The van der Waals surface area contributed by atoms with Crippen LogP contribution in [0.1, 0.15) is 10.4 Å². The lowest BCUT2D eigenvalue weighted by Crippen LogP contribution is -2.50. The fourth-order valence-electron chi connectivity index (χ4n) is 2.83. The predicted octanol–water partition coefficient (Wildman–Crippen LogP) is 2.91. The summed E-state index contributed by atoms with van der Waals surface area (Å²) in [6, 6.07) is 15.8. The first-order valence-electron chi connectivity index (χ1n) is 7.97. The van der Waals surface area contributed by atoms with E-state index >= 15 is 0 Å². The number of thioether (sulfide) groups is 1. The van der Waals surface area contributed by atoms with Crippen molar-refractivity contribution in [1.82, 2.24) is 4.90 Å². The van der Waals surface area contributed by atoms with Crippen LogP contribution in [0.25, 0.3) is 11.1 Å². The van der Waals surface area contributed by atoms with Crippen molar-refractivity contribution in [3.05, 3.63) is 54.1 Å². The van der Waals surface area contributed by atoms with Crippen molar-refractivity contribution < 1.29 is 14.6 Å². The minimum absolute atomic E-state index is 0.0540. The number of benzene rings is 2. The van der Waals surface area contributed by atoms with Gasteiger partial charge in [-0.3, -0.25) is 4.79 Å². The summed E-state index contributed by atoms with van der Waals surface area (Å²) in [4.78, 5) is 15.6. The zero-order valence-electron chi connectivity index (χ0n) is 13.6. The van der Waals surface area contributed by atoms with E-state index in [1.807, 2.05) is 24.3 Å². The Morgan fingerprint density at radius 1 is 1.17 bits per heavy atom. The van der Waals surface area contributed by atoms with Gasteiger partial charge in [0, 0.05) is 17.0 Å². The lowest BCUT2D eigenvalue weighted by Gasteiger charge is -2.34. The average Bonchev–Trinajstić information content (AvgIpc) is 2.67. The summed E-state index contributed by atoms with van der Waals surface area (Å²) in [7, 11) is 0. The number of nitrogens with zero attached hydrogens (tertiary/aromatic N) is 1. The molecule has 126 valence electrons. The normalized spacial score (nSPS) is 17.8. The molecule has 1 N–H and O–H groups in total. The smallest absolute Gasteiger partial charge is 0.254 e. The van der Waals surface area contributed by atoms with Crippen molar-refractivity contribution in [3.8, 4) is 11.1 Å². The first kappa shape index (κ1) is 17.0. The van der Waals surface area contributed by atoms with Crippen LogP contribution in [0.5, 0.6) is 0 Å². The van der Waals surface area contributed by atoms with E-state index in [0.29, 0.717) is 25.3 Å². The van der Waals surface area contributed by atoms with E-state index in [2.05, 4.69) is 30.5 Å². The van der Waals surface area contributed by atoms with Crippen LogP contribution in [0.4, 0.5) is 0 Å². The molecular weight excluding hydrogens is 322 g/mol. The van der Waals surface area contributed by atoms with Gasteiger partial charge in [0.05, 0.1) is 25.9 Å². The number of morpholine rings is 1. The van der Waals surface area contributed by atoms with Crippen LogP contribution in [0.3, 0.4) is 0 Å². The van der Waals surface area contributed by atoms with Crippen LogP contribution < -0.4 is 0 Å². The van der Waals surface area contributed by atoms with E-state index in [9.17, 15) is 9.90 Å². The first-order valence-corrected chi connectivity index (χ1v) is 9.19. The van der Waals surface area contributed by atoms with Crippen molar-refractivity contribution in [2.75, 3.05) is 32.6 Å². The Bertz CT molecular complexity index is 685. The summed E-state index contributed by atoms with van der Waals surface area (Å²) >= 11 is 1.72. The fourth-order valence-corrected chi connectivity index (χ4v) is 3.24. The highest BCUT2D eigenvalue weighted by Gasteiger charge is 2.27. The molecule has 0 aromatic heterocycles. The molecule has 1 heterocycles. The molecule has 0 radical (unpaired) electrons. The van der Waals surface area contributed by atoms with Gasteiger partial charge in [-0.05, 0) is 41.6 Å². The number of aliphatic hydroxyl groups is 1. The molecule has 0 spiro atoms. The zero-order chi connectivity index (χ0) is 16.9. The largest absolute Gasteiger partial charge is 0.394 e. The molecule has 3 rings (SSSR count). The predicted molar refractivity (Wildman–Crippen MR) is 96.4 cm³/mol. The number of rotatable bonds is 4. The second-order valence-corrected chi connectivity index (χ2v) is 6.60. The third kappa shape index (κ3) is 3.64. The van der Waals surface area contributed by atoms with Crippen molar-refractivity contribution >= 4 is 17.7 Å². The Balaban J connectivity index is 1.76. The highest BCUT2D eigenvalue weighted by Crippen LogP contribution is 2.24. The van der Waals surface area contributed by atoms with Crippen molar-refractivity contribution in [2.45, 2.75) is 10.9 Å². The van der Waals surface area contributed by atoms with Crippen molar-refractivity contribution in [2.24, 2.45) is 0 Å². The molecule has 0 aliphatic carbocycles. The highest BCUT2D eigenvalue weighted by molar-refractivity contribution is 7.98. The Morgan fingerprint density at radius 2 is 1.79 bits per heavy atom. The van der Waals surface area contributed by atoms with Crippen LogP contribution in [-0.2, 0) is 4.74 Å². The van der Waals surface area contributed by atoms with Crippen LogP contribution >= 0.6 is 11.8 Å². The summed E-state index contributed by atoms with van der Waals surface area (Å²) in [5, 5.41) is 9.42. The molecule has 24 heavy (non-hydrogen) atoms. The van der Waals surface area contributed by atoms with Gasteiger partial charge in [-0.1, -0.05) is 24.3 Å². The van der Waals surface area contributed by atoms with Gasteiger partial charge in [-0.25, -0.2) is 0 Å². The molecule has 1 aliphatic heterocycles. The fraction of sp³-hybridized carbons (Fsp3) is 0.316. The highest BCUT2D eigenvalue weighted by atomic mass is 32.2. The van der Waals surface area contributed by atoms with Gasteiger partial charge in [-0.15, -0.1) is 11.8 Å². The van der Waals surface area contributed by atoms with E-state index < -0.39 is 0 Å². The van der Waals surface area contributed by atoms with E-state index in [-0.39, 0.29) is 18.6 Å². The minimum Gasteiger partial charge on any atom is -0.394 e. The Hall–Kier alpha value is -1.82. The molecular formula is C19H21NO3S. The standard InChI is InChI=1S/C19H21NO3S/c1-24-18-8-6-15(7-9-18)14-2-4-16(5-3-14)19(22)20-10-11-23-13-17(20)12-21/h2-9,17,21H,10-13H2,1H3/t17-/m0/s1. The lowest BCUT2D eigenvalue weighted by atomic mass is 10.0. The number of hydrogen-bond donors (Lipinski definition) is 1. The van der Waals surface area contributed by atoms with E-state index in [4.69, 9.17) is 4.74 Å². The second kappa shape index (κ2) is 7.83. The molecule has 5 heteroatoms. The van der Waals surface area contributed by atoms with E-state index in [1.54, 1.807) is 16.7 Å². The number of hydrogen-bond acceptors (Lipinski definition) is 4. The Kier molecular flexibility index (Phi) is 5.56. The maximum Gasteiger partial charge on any atom is 0.254 e. The van der Waals surface area contributed by atoms with Gasteiger partial charge in [0.1, 0.15) is 0 Å². The van der Waals surface area contributed by atoms with Gasteiger partial charge in [0.2, 0.25) is 0 Å². The van der Waals surface area contributed by atoms with E-state index in [0.717, 1.165) is 11.1 Å². The van der Waals surface area contributed by atoms with E-state index in [1.165, 1.54) is 4.90 Å². The SMILES string of the molecule is CSc1ccc(-c2ccc(C(=O)N3CCOC[C@@H]3CO)cc2)cc1. The van der Waals surface area contributed by atoms with Gasteiger partial charge >= 0.3 is 0 Å². The van der Waals surface area contributed by atoms with Crippen LogP contribution in [0.2, 0.25) is 0 Å². The third-order valence-corrected chi connectivity index (χ3v) is 5.00. The molecule has 0 bridgehead atoms. The molecule has 2 aromatic carbocycles. The topological polar surface area (TPSA) is 49.8 Å². The van der Waals surface area contributed by atoms with Crippen LogP contribution in [0, 0.1) is 0 Å². The third-order valence-electron chi connectivity index (χ3n) is 4.25. The average molecular weight is 343 g/mol. The molecule has 1 saturated heterocycles. The first-order chi connectivity index (χ1) is 11.7. The van der Waals surface area contributed by atoms with Gasteiger partial charge in [-0.2, -0.15) is 0 Å². The Labute approximate surface area is 146 Å². The molecule has 0 saturated carbocycles. The monoisotopic (exact) mass is 343 g/mol. The van der Waals surface area contributed by atoms with Gasteiger partial charge in [0.15, 0.2) is 0 Å². The number of carbonyl (C=O) groups excluding carboxylic acids is 1. The van der Waals surface area contributed by atoms with Gasteiger partial charge < -0.3 is 14.7 Å². The quantitative estimate of drug-likeness (QED) is 0.867. The molecule has 4 nitrogen and oxygen atoms in total. The maximum absolute atomic E-state index is 12.7. The Morgan fingerprint density at radius 3 is 2.38 bits per heavy atom. The zero-order valence-corrected chi connectivity index (χ0v) is 14.5. The minimum atomic E-state index is -0.259. The summed E-state index contributed by atoms with van der Waals surface area (Å²) < 4.78 is 5.33. The van der Waals surface area contributed by atoms with Crippen molar-refractivity contribution in [1.29, 1.82) is 0 Å². The van der Waals surface area contributed by atoms with Gasteiger partial charge in [0.25, 0.3) is 5.91 Å². The molecule has 0 unspecified atom stereocenters. The molecule has 1 aliphatic rings. The molecule has 1 fully saturated rings. The molecule has 1 amide bonds. The summed E-state index contributed by atoms with van der Waals surface area (Å²) in [5.74, 6) is -0.0540. The summed E-state index contributed by atoms with van der Waals surface area (Å²) in [5.41, 5.74) is 2.85. The van der Waals surface area contributed by atoms with Crippen LogP contribution in [0.15, 0.2) is 53.4 Å². The summed E-state index contributed by atoms with van der Waals surface area (Å²) in [6.45, 7) is 1.35. The molecule has 1 atom stereocenters. The number of amides is 1. The maximum atomic E-state index is 12.7. The van der Waals surface area contributed by atoms with Crippen LogP contribution in [-0.4, -0.2) is 54.6 Å².